The van der Waals surface area contributed by atoms with Gasteiger partial charge in [-0.05, 0) is 49.8 Å². The molecule has 2 saturated carbocycles. The van der Waals surface area contributed by atoms with E-state index < -0.39 is 5.91 Å². The molecular weight excluding hydrogens is 314 g/mol. The number of rotatable bonds is 4. The number of carbonyl (C=O) groups is 2. The minimum absolute atomic E-state index is 0.113. The van der Waals surface area contributed by atoms with Crippen molar-refractivity contribution in [3.05, 3.63) is 35.4 Å². The van der Waals surface area contributed by atoms with E-state index in [1.807, 2.05) is 12.1 Å². The maximum absolute atomic E-state index is 12.9. The van der Waals surface area contributed by atoms with Gasteiger partial charge in [-0.3, -0.25) is 14.5 Å². The van der Waals surface area contributed by atoms with Crippen LogP contribution >= 0.6 is 0 Å². The first-order chi connectivity index (χ1) is 12.0. The SMILES string of the molecule is C[C@@H]1CN(C(=O)C2CC2c2ccc(C(N)=O)cc2)CCN1C1CCC1. The van der Waals surface area contributed by atoms with Crippen molar-refractivity contribution >= 4 is 11.8 Å². The molecule has 3 fully saturated rings. The average Bonchev–Trinajstić information content (AvgIpc) is 3.35. The van der Waals surface area contributed by atoms with Gasteiger partial charge in [-0.1, -0.05) is 18.6 Å². The molecular formula is C20H27N3O2. The molecule has 0 aromatic heterocycles. The third kappa shape index (κ3) is 3.17. The number of primary amides is 1. The zero-order chi connectivity index (χ0) is 17.6. The maximum Gasteiger partial charge on any atom is 0.248 e. The van der Waals surface area contributed by atoms with Gasteiger partial charge in [0.05, 0.1) is 0 Å². The Morgan fingerprint density at radius 1 is 1.12 bits per heavy atom. The molecule has 25 heavy (non-hydrogen) atoms. The molecule has 0 spiro atoms. The van der Waals surface area contributed by atoms with Crippen LogP contribution < -0.4 is 5.73 Å². The minimum Gasteiger partial charge on any atom is -0.366 e. The fraction of sp³-hybridized carbons (Fsp3) is 0.600. The Kier molecular flexibility index (Phi) is 4.28. The molecule has 4 rings (SSSR count). The maximum atomic E-state index is 12.9. The predicted molar refractivity (Wildman–Crippen MR) is 96.2 cm³/mol. The molecule has 0 bridgehead atoms. The third-order valence-electron chi connectivity index (χ3n) is 6.27. The van der Waals surface area contributed by atoms with Gasteiger partial charge < -0.3 is 10.6 Å². The van der Waals surface area contributed by atoms with Crippen LogP contribution in [-0.4, -0.2) is 53.3 Å². The van der Waals surface area contributed by atoms with Crippen LogP contribution in [0.25, 0.3) is 0 Å². The summed E-state index contributed by atoms with van der Waals surface area (Å²) < 4.78 is 0. The molecule has 3 aliphatic rings. The highest BCUT2D eigenvalue weighted by Crippen LogP contribution is 2.48. The Morgan fingerprint density at radius 3 is 2.40 bits per heavy atom. The van der Waals surface area contributed by atoms with E-state index in [1.54, 1.807) is 12.1 Å². The normalized spacial score (nSPS) is 30.0. The largest absolute Gasteiger partial charge is 0.366 e. The molecule has 1 saturated heterocycles. The van der Waals surface area contributed by atoms with Crippen molar-refractivity contribution in [2.75, 3.05) is 19.6 Å². The molecule has 0 radical (unpaired) electrons. The summed E-state index contributed by atoms with van der Waals surface area (Å²) in [6.07, 6.45) is 4.93. The van der Waals surface area contributed by atoms with Crippen molar-refractivity contribution in [1.82, 2.24) is 9.80 Å². The first-order valence-electron chi connectivity index (χ1n) is 9.49. The Labute approximate surface area is 149 Å². The number of nitrogens with two attached hydrogens (primary N) is 1. The average molecular weight is 341 g/mol. The second kappa shape index (κ2) is 6.45. The summed E-state index contributed by atoms with van der Waals surface area (Å²) in [5, 5.41) is 0. The van der Waals surface area contributed by atoms with Gasteiger partial charge in [0.15, 0.2) is 0 Å². The summed E-state index contributed by atoms with van der Waals surface area (Å²) in [6.45, 7) is 5.00. The number of benzene rings is 1. The van der Waals surface area contributed by atoms with Crippen LogP contribution in [0.5, 0.6) is 0 Å². The summed E-state index contributed by atoms with van der Waals surface area (Å²) in [7, 11) is 0. The summed E-state index contributed by atoms with van der Waals surface area (Å²) in [5.74, 6) is 0.314. The van der Waals surface area contributed by atoms with E-state index >= 15 is 0 Å². The van der Waals surface area contributed by atoms with Crippen molar-refractivity contribution in [2.45, 2.75) is 50.6 Å². The molecule has 2 amide bonds. The Balaban J connectivity index is 1.34. The fourth-order valence-electron chi connectivity index (χ4n) is 4.40. The standard InChI is InChI=1S/C20H27N3O2/c1-13-12-22(9-10-23(13)16-3-2-4-16)20(25)18-11-17(18)14-5-7-15(8-6-14)19(21)24/h5-8,13,16-18H,2-4,9-12H2,1H3,(H2,21,24)/t13-,17?,18?/m1/s1. The summed E-state index contributed by atoms with van der Waals surface area (Å²) in [4.78, 5) is 28.7. The highest BCUT2D eigenvalue weighted by molar-refractivity contribution is 5.92. The van der Waals surface area contributed by atoms with Gasteiger partial charge in [0.25, 0.3) is 0 Å². The van der Waals surface area contributed by atoms with E-state index in [0.717, 1.165) is 37.7 Å². The lowest BCUT2D eigenvalue weighted by molar-refractivity contribution is -0.136. The number of nitrogens with zero attached hydrogens (tertiary/aromatic N) is 2. The molecule has 1 aromatic rings. The van der Waals surface area contributed by atoms with Crippen LogP contribution in [0.4, 0.5) is 0 Å². The molecule has 5 heteroatoms. The lowest BCUT2D eigenvalue weighted by Crippen LogP contribution is -2.58. The second-order valence-corrected chi connectivity index (χ2v) is 7.89. The van der Waals surface area contributed by atoms with Gasteiger partial charge in [0, 0.05) is 43.2 Å². The van der Waals surface area contributed by atoms with Crippen molar-refractivity contribution in [3.63, 3.8) is 0 Å². The molecule has 2 unspecified atom stereocenters. The number of piperazine rings is 1. The zero-order valence-electron chi connectivity index (χ0n) is 14.9. The van der Waals surface area contributed by atoms with Crippen molar-refractivity contribution in [1.29, 1.82) is 0 Å². The van der Waals surface area contributed by atoms with E-state index in [-0.39, 0.29) is 5.92 Å². The fourth-order valence-corrected chi connectivity index (χ4v) is 4.40. The number of hydrogen-bond donors (Lipinski definition) is 1. The molecule has 134 valence electrons. The van der Waals surface area contributed by atoms with Gasteiger partial charge in [-0.2, -0.15) is 0 Å². The Bertz CT molecular complexity index is 668. The van der Waals surface area contributed by atoms with Crippen LogP contribution in [-0.2, 0) is 4.79 Å². The molecule has 3 atom stereocenters. The van der Waals surface area contributed by atoms with E-state index in [1.165, 1.54) is 19.3 Å². The monoisotopic (exact) mass is 341 g/mol. The van der Waals surface area contributed by atoms with Crippen molar-refractivity contribution < 1.29 is 9.59 Å². The molecule has 1 aromatic carbocycles. The summed E-state index contributed by atoms with van der Waals surface area (Å²) >= 11 is 0. The minimum atomic E-state index is -0.409. The van der Waals surface area contributed by atoms with E-state index in [0.29, 0.717) is 23.4 Å². The molecule has 5 nitrogen and oxygen atoms in total. The topological polar surface area (TPSA) is 66.6 Å². The molecule has 1 heterocycles. The van der Waals surface area contributed by atoms with E-state index in [2.05, 4.69) is 16.7 Å². The molecule has 2 aliphatic carbocycles. The van der Waals surface area contributed by atoms with E-state index in [4.69, 9.17) is 5.73 Å². The smallest absolute Gasteiger partial charge is 0.248 e. The van der Waals surface area contributed by atoms with Gasteiger partial charge >= 0.3 is 0 Å². The Morgan fingerprint density at radius 2 is 1.84 bits per heavy atom. The Hall–Kier alpha value is -1.88. The van der Waals surface area contributed by atoms with Crippen LogP contribution in [0.15, 0.2) is 24.3 Å². The predicted octanol–water partition coefficient (Wildman–Crippen LogP) is 1.97. The lowest BCUT2D eigenvalue weighted by atomic mass is 9.89. The van der Waals surface area contributed by atoms with Gasteiger partial charge in [0.1, 0.15) is 0 Å². The summed E-state index contributed by atoms with van der Waals surface area (Å²) in [5.41, 5.74) is 6.95. The first kappa shape index (κ1) is 16.6. The van der Waals surface area contributed by atoms with Gasteiger partial charge in [-0.25, -0.2) is 0 Å². The van der Waals surface area contributed by atoms with E-state index in [9.17, 15) is 9.59 Å². The third-order valence-corrected chi connectivity index (χ3v) is 6.27. The number of amides is 2. The number of carbonyl (C=O) groups excluding carboxylic acids is 2. The van der Waals surface area contributed by atoms with Crippen LogP contribution in [0, 0.1) is 5.92 Å². The van der Waals surface area contributed by atoms with Crippen LogP contribution in [0.1, 0.15) is 54.4 Å². The first-order valence-corrected chi connectivity index (χ1v) is 9.49. The van der Waals surface area contributed by atoms with Crippen LogP contribution in [0.3, 0.4) is 0 Å². The molecule has 1 aliphatic heterocycles. The highest BCUT2D eigenvalue weighted by atomic mass is 16.2. The zero-order valence-corrected chi connectivity index (χ0v) is 14.9. The van der Waals surface area contributed by atoms with Gasteiger partial charge in [-0.15, -0.1) is 0 Å². The number of hydrogen-bond acceptors (Lipinski definition) is 3. The van der Waals surface area contributed by atoms with Crippen LogP contribution in [0.2, 0.25) is 0 Å². The van der Waals surface area contributed by atoms with Crippen molar-refractivity contribution in [3.8, 4) is 0 Å². The van der Waals surface area contributed by atoms with Crippen molar-refractivity contribution in [2.24, 2.45) is 11.7 Å². The quantitative estimate of drug-likeness (QED) is 0.910. The van der Waals surface area contributed by atoms with Gasteiger partial charge in [0.2, 0.25) is 11.8 Å². The highest BCUT2D eigenvalue weighted by Gasteiger charge is 2.47. The summed E-state index contributed by atoms with van der Waals surface area (Å²) in [6, 6.07) is 8.62. The second-order valence-electron chi connectivity index (χ2n) is 7.89. The molecule has 2 N–H and O–H groups in total. The lowest BCUT2D eigenvalue weighted by Gasteiger charge is -2.47.